The molecule has 0 aliphatic carbocycles. The van der Waals surface area contributed by atoms with Gasteiger partial charge in [0.25, 0.3) is 10.0 Å². The van der Waals surface area contributed by atoms with E-state index in [2.05, 4.69) is 9.46 Å². The Labute approximate surface area is 167 Å². The molecule has 0 aromatic heterocycles. The first-order chi connectivity index (χ1) is 13.9. The molecule has 1 aliphatic rings. The van der Waals surface area contributed by atoms with E-state index in [-0.39, 0.29) is 16.1 Å². The van der Waals surface area contributed by atoms with Crippen molar-refractivity contribution in [3.63, 3.8) is 0 Å². The number of carbonyl (C=O) groups is 2. The summed E-state index contributed by atoms with van der Waals surface area (Å²) in [6, 6.07) is 9.97. The predicted octanol–water partition coefficient (Wildman–Crippen LogP) is 1.98. The maximum absolute atomic E-state index is 12.7. The maximum atomic E-state index is 12.7. The lowest BCUT2D eigenvalue weighted by molar-refractivity contribution is -0.144. The minimum atomic E-state index is -3.88. The van der Waals surface area contributed by atoms with E-state index in [9.17, 15) is 18.0 Å². The summed E-state index contributed by atoms with van der Waals surface area (Å²) in [4.78, 5) is 22.9. The minimum Gasteiger partial charge on any atom is -0.490 e. The lowest BCUT2D eigenvalue weighted by Crippen LogP contribution is -2.15. The van der Waals surface area contributed by atoms with Gasteiger partial charge in [0.2, 0.25) is 0 Å². The Bertz CT molecular complexity index is 1000. The monoisotopic (exact) mass is 421 g/mol. The molecular weight excluding hydrogens is 402 g/mol. The molecule has 1 N–H and O–H groups in total. The normalized spacial score (nSPS) is 13.1. The largest absolute Gasteiger partial charge is 0.490 e. The fourth-order valence-corrected chi connectivity index (χ4v) is 3.54. The molecule has 29 heavy (non-hydrogen) atoms. The Balaban J connectivity index is 1.70. The molecule has 10 heteroatoms. The summed E-state index contributed by atoms with van der Waals surface area (Å²) < 4.78 is 47.9. The number of anilines is 1. The molecule has 0 radical (unpaired) electrons. The number of fused-ring (bicyclic) bond motifs is 1. The van der Waals surface area contributed by atoms with Crippen LogP contribution in [0, 0.1) is 0 Å². The third-order valence-corrected chi connectivity index (χ3v) is 5.33. The summed E-state index contributed by atoms with van der Waals surface area (Å²) >= 11 is 0. The minimum absolute atomic E-state index is 0.0170. The van der Waals surface area contributed by atoms with Crippen molar-refractivity contribution in [2.45, 2.75) is 11.3 Å². The average Bonchev–Trinajstić information content (AvgIpc) is 2.96. The van der Waals surface area contributed by atoms with Gasteiger partial charge in [0.15, 0.2) is 18.1 Å². The van der Waals surface area contributed by atoms with Crippen LogP contribution in [0.1, 0.15) is 16.8 Å². The quantitative estimate of drug-likeness (QED) is 0.704. The second-order valence-electron chi connectivity index (χ2n) is 5.99. The summed E-state index contributed by atoms with van der Waals surface area (Å²) in [5, 5.41) is 0. The van der Waals surface area contributed by atoms with Gasteiger partial charge >= 0.3 is 11.9 Å². The molecule has 2 aromatic rings. The van der Waals surface area contributed by atoms with Gasteiger partial charge in [-0.15, -0.1) is 0 Å². The Morgan fingerprint density at radius 1 is 1.03 bits per heavy atom. The van der Waals surface area contributed by atoms with Crippen molar-refractivity contribution < 1.29 is 37.0 Å². The smallest absolute Gasteiger partial charge is 0.344 e. The first-order valence-electron chi connectivity index (χ1n) is 8.65. The Kier molecular flexibility index (Phi) is 6.23. The number of carbonyl (C=O) groups excluding carboxylic acids is 2. The van der Waals surface area contributed by atoms with E-state index in [4.69, 9.17) is 14.2 Å². The van der Waals surface area contributed by atoms with Gasteiger partial charge in [-0.1, -0.05) is 0 Å². The summed E-state index contributed by atoms with van der Waals surface area (Å²) in [6.07, 6.45) is 0.712. The maximum Gasteiger partial charge on any atom is 0.344 e. The van der Waals surface area contributed by atoms with Crippen molar-refractivity contribution in [3.05, 3.63) is 48.0 Å². The van der Waals surface area contributed by atoms with E-state index in [1.54, 1.807) is 6.07 Å². The zero-order valence-electron chi connectivity index (χ0n) is 15.5. The van der Waals surface area contributed by atoms with Gasteiger partial charge in [-0.2, -0.15) is 0 Å². The first-order valence-corrected chi connectivity index (χ1v) is 10.1. The van der Waals surface area contributed by atoms with Gasteiger partial charge in [-0.3, -0.25) is 4.72 Å². The Morgan fingerprint density at radius 3 is 2.41 bits per heavy atom. The number of rotatable bonds is 6. The molecule has 0 spiro atoms. The van der Waals surface area contributed by atoms with Crippen LogP contribution in [0.4, 0.5) is 5.69 Å². The number of nitrogens with one attached hydrogen (secondary N) is 1. The fourth-order valence-electron chi connectivity index (χ4n) is 2.47. The number of sulfonamides is 1. The van der Waals surface area contributed by atoms with Crippen LogP contribution in [-0.2, 0) is 24.3 Å². The number of hydrogen-bond acceptors (Lipinski definition) is 8. The summed E-state index contributed by atoms with van der Waals surface area (Å²) in [5.74, 6) is -0.545. The van der Waals surface area contributed by atoms with E-state index >= 15 is 0 Å². The van der Waals surface area contributed by atoms with Crippen LogP contribution in [0.25, 0.3) is 0 Å². The molecule has 0 saturated heterocycles. The highest BCUT2D eigenvalue weighted by Crippen LogP contribution is 2.32. The molecule has 0 atom stereocenters. The number of hydrogen-bond donors (Lipinski definition) is 1. The second kappa shape index (κ2) is 8.82. The zero-order chi connectivity index (χ0) is 20.9. The number of esters is 2. The molecule has 0 unspecified atom stereocenters. The Morgan fingerprint density at radius 2 is 1.72 bits per heavy atom. The molecule has 0 amide bonds. The van der Waals surface area contributed by atoms with E-state index in [0.717, 1.165) is 0 Å². The van der Waals surface area contributed by atoms with E-state index < -0.39 is 28.6 Å². The SMILES string of the molecule is COC(=O)COC(=O)c1ccc(NS(=O)(=O)c2ccc3c(c2)OCCCO3)cc1. The third-order valence-electron chi connectivity index (χ3n) is 3.95. The lowest BCUT2D eigenvalue weighted by atomic mass is 10.2. The highest BCUT2D eigenvalue weighted by Gasteiger charge is 2.19. The molecule has 0 bridgehead atoms. The molecule has 1 heterocycles. The molecule has 2 aromatic carbocycles. The zero-order valence-corrected chi connectivity index (χ0v) is 16.4. The van der Waals surface area contributed by atoms with E-state index in [1.165, 1.54) is 43.5 Å². The van der Waals surface area contributed by atoms with Gasteiger partial charge in [-0.05, 0) is 36.4 Å². The first kappa shape index (κ1) is 20.5. The van der Waals surface area contributed by atoms with Crippen LogP contribution in [0.3, 0.4) is 0 Å². The van der Waals surface area contributed by atoms with Crippen LogP contribution >= 0.6 is 0 Å². The van der Waals surface area contributed by atoms with Gasteiger partial charge in [0.1, 0.15) is 0 Å². The molecule has 0 saturated carbocycles. The third kappa shape index (κ3) is 5.17. The topological polar surface area (TPSA) is 117 Å². The van der Waals surface area contributed by atoms with Crippen LogP contribution in [-0.4, -0.2) is 47.3 Å². The van der Waals surface area contributed by atoms with Gasteiger partial charge < -0.3 is 18.9 Å². The van der Waals surface area contributed by atoms with Crippen molar-refractivity contribution in [2.75, 3.05) is 31.7 Å². The lowest BCUT2D eigenvalue weighted by Gasteiger charge is -2.12. The van der Waals surface area contributed by atoms with Gasteiger partial charge in [0.05, 0.1) is 30.8 Å². The highest BCUT2D eigenvalue weighted by molar-refractivity contribution is 7.92. The number of benzene rings is 2. The fraction of sp³-hybridized carbons (Fsp3) is 0.263. The standard InChI is InChI=1S/C19H19NO8S/c1-25-18(21)12-28-19(22)13-3-5-14(6-4-13)20-29(23,24)15-7-8-16-17(11-15)27-10-2-9-26-16/h3-8,11,20H,2,9-10,12H2,1H3. The molecule has 9 nitrogen and oxygen atoms in total. The average molecular weight is 421 g/mol. The van der Waals surface area contributed by atoms with Crippen LogP contribution in [0.15, 0.2) is 47.4 Å². The molecule has 0 fully saturated rings. The molecule has 3 rings (SSSR count). The summed E-state index contributed by atoms with van der Waals surface area (Å²) in [5.41, 5.74) is 0.411. The number of methoxy groups -OCH3 is 1. The number of ether oxygens (including phenoxy) is 4. The Hall–Kier alpha value is -3.27. The molecule has 154 valence electrons. The van der Waals surface area contributed by atoms with E-state index in [0.29, 0.717) is 31.1 Å². The van der Waals surface area contributed by atoms with Crippen LogP contribution < -0.4 is 14.2 Å². The van der Waals surface area contributed by atoms with Gasteiger partial charge in [-0.25, -0.2) is 18.0 Å². The van der Waals surface area contributed by atoms with Gasteiger partial charge in [0, 0.05) is 18.2 Å². The van der Waals surface area contributed by atoms with Crippen molar-refractivity contribution in [3.8, 4) is 11.5 Å². The molecular formula is C19H19NO8S. The van der Waals surface area contributed by atoms with Crippen molar-refractivity contribution in [1.82, 2.24) is 0 Å². The van der Waals surface area contributed by atoms with E-state index in [1.807, 2.05) is 0 Å². The highest BCUT2D eigenvalue weighted by atomic mass is 32.2. The summed E-state index contributed by atoms with van der Waals surface area (Å²) in [7, 11) is -2.70. The summed E-state index contributed by atoms with van der Waals surface area (Å²) in [6.45, 7) is 0.442. The second-order valence-corrected chi connectivity index (χ2v) is 7.68. The predicted molar refractivity (Wildman–Crippen MR) is 102 cm³/mol. The van der Waals surface area contributed by atoms with Crippen molar-refractivity contribution in [1.29, 1.82) is 0 Å². The van der Waals surface area contributed by atoms with Crippen LogP contribution in [0.5, 0.6) is 11.5 Å². The van der Waals surface area contributed by atoms with Crippen molar-refractivity contribution >= 4 is 27.6 Å². The van der Waals surface area contributed by atoms with Crippen molar-refractivity contribution in [2.24, 2.45) is 0 Å². The van der Waals surface area contributed by atoms with Crippen LogP contribution in [0.2, 0.25) is 0 Å². The molecule has 1 aliphatic heterocycles.